The summed E-state index contributed by atoms with van der Waals surface area (Å²) in [4.78, 5) is 49.4. The first-order valence-electron chi connectivity index (χ1n) is 16.3. The molecule has 3 amide bonds. The van der Waals surface area contributed by atoms with Crippen molar-refractivity contribution in [3.8, 4) is 5.75 Å². The Kier molecular flexibility index (Phi) is 10.5. The van der Waals surface area contributed by atoms with Crippen LogP contribution in [-0.4, -0.2) is 87.1 Å². The van der Waals surface area contributed by atoms with E-state index in [1.807, 2.05) is 36.1 Å². The van der Waals surface area contributed by atoms with Crippen molar-refractivity contribution in [1.29, 1.82) is 0 Å². The highest BCUT2D eigenvalue weighted by Gasteiger charge is 2.76. The van der Waals surface area contributed by atoms with Crippen molar-refractivity contribution >= 4 is 35.2 Å². The number of benzene rings is 1. The summed E-state index contributed by atoms with van der Waals surface area (Å²) >= 11 is 1.68. The van der Waals surface area contributed by atoms with Crippen molar-refractivity contribution in [1.82, 2.24) is 9.80 Å². The van der Waals surface area contributed by atoms with E-state index in [0.717, 1.165) is 24.3 Å². The zero-order valence-electron chi connectivity index (χ0n) is 28.3. The summed E-state index contributed by atoms with van der Waals surface area (Å²) in [6, 6.07) is 6.70. The van der Waals surface area contributed by atoms with Gasteiger partial charge in [0.1, 0.15) is 11.8 Å². The maximum atomic E-state index is 15.0. The number of hydrogen-bond donors (Lipinski definition) is 1. The number of thioether (sulfide) groups is 1. The molecule has 0 aliphatic carbocycles. The Balaban J connectivity index is 1.78. The quantitative estimate of drug-likeness (QED) is 0.269. The molecule has 3 unspecified atom stereocenters. The molecule has 3 saturated heterocycles. The molecule has 1 N–H and O–H groups in total. The SMILES string of the molecule is C=CCN(C(=O)[C@@H]1[C@@H]2CC(C)C3(S2)C(C(=O)N(CC=C)C(C)(C)CC(C)(C)C)N(CCCO)C(=O)[C@H]13)c1ccc(OCC)cc1. The fourth-order valence-corrected chi connectivity index (χ4v) is 10.8. The van der Waals surface area contributed by atoms with Gasteiger partial charge in [-0.2, -0.15) is 0 Å². The second-order valence-corrected chi connectivity index (χ2v) is 16.2. The minimum absolute atomic E-state index is 0.0348. The number of carbonyl (C=O) groups is 3. The first kappa shape index (κ1) is 35.1. The minimum Gasteiger partial charge on any atom is -0.494 e. The van der Waals surface area contributed by atoms with Crippen LogP contribution in [0.1, 0.15) is 67.7 Å². The number of rotatable bonds is 14. The van der Waals surface area contributed by atoms with Crippen LogP contribution in [0.5, 0.6) is 5.75 Å². The largest absolute Gasteiger partial charge is 0.494 e. The van der Waals surface area contributed by atoms with Crippen LogP contribution < -0.4 is 9.64 Å². The topological polar surface area (TPSA) is 90.4 Å². The summed E-state index contributed by atoms with van der Waals surface area (Å²) in [5, 5.41) is 9.71. The van der Waals surface area contributed by atoms with E-state index in [9.17, 15) is 19.5 Å². The lowest BCUT2D eigenvalue weighted by molar-refractivity contribution is -0.146. The molecule has 0 saturated carbocycles. The number of nitrogens with zero attached hydrogens (tertiary/aromatic N) is 3. The maximum Gasteiger partial charge on any atom is 0.247 e. The Morgan fingerprint density at radius 3 is 2.31 bits per heavy atom. The summed E-state index contributed by atoms with van der Waals surface area (Å²) in [6.07, 6.45) is 5.33. The zero-order chi connectivity index (χ0) is 33.3. The van der Waals surface area contributed by atoms with Crippen molar-refractivity contribution in [2.45, 2.75) is 89.3 Å². The van der Waals surface area contributed by atoms with Crippen molar-refractivity contribution in [3.63, 3.8) is 0 Å². The fraction of sp³-hybridized carbons (Fsp3) is 0.639. The van der Waals surface area contributed by atoms with Crippen LogP contribution in [0, 0.1) is 23.2 Å². The summed E-state index contributed by atoms with van der Waals surface area (Å²) in [5.41, 5.74) is 0.180. The smallest absolute Gasteiger partial charge is 0.247 e. The highest BCUT2D eigenvalue weighted by molar-refractivity contribution is 8.02. The Morgan fingerprint density at radius 2 is 1.76 bits per heavy atom. The number of amides is 3. The molecule has 3 fully saturated rings. The average Bonchev–Trinajstić information content (AvgIpc) is 3.55. The van der Waals surface area contributed by atoms with Crippen molar-refractivity contribution in [3.05, 3.63) is 49.6 Å². The first-order valence-corrected chi connectivity index (χ1v) is 17.2. The average molecular weight is 640 g/mol. The van der Waals surface area contributed by atoms with Crippen LogP contribution in [-0.2, 0) is 14.4 Å². The van der Waals surface area contributed by atoms with Crippen molar-refractivity contribution in [2.24, 2.45) is 23.2 Å². The molecule has 9 heteroatoms. The van der Waals surface area contributed by atoms with E-state index in [1.54, 1.807) is 33.7 Å². The molecule has 1 spiro atoms. The van der Waals surface area contributed by atoms with Crippen molar-refractivity contribution in [2.75, 3.05) is 37.7 Å². The number of aliphatic hydroxyl groups excluding tert-OH is 1. The first-order chi connectivity index (χ1) is 21.2. The monoisotopic (exact) mass is 639 g/mol. The Morgan fingerprint density at radius 1 is 1.11 bits per heavy atom. The van der Waals surface area contributed by atoms with Gasteiger partial charge in [0.25, 0.3) is 0 Å². The molecule has 0 radical (unpaired) electrons. The molecule has 3 aliphatic rings. The van der Waals surface area contributed by atoms with Crippen LogP contribution in [0.2, 0.25) is 0 Å². The Labute approximate surface area is 274 Å². The van der Waals surface area contributed by atoms with Gasteiger partial charge in [-0.3, -0.25) is 14.4 Å². The standard InChI is InChI=1S/C36H53N3O5S/c1-10-18-37(25-14-16-26(17-15-25)44-12-3)31(41)28-27-22-24(4)36(45-27)29(28)32(42)38(20-13-21-40)30(36)33(43)39(19-11-2)35(8,9)23-34(5,6)7/h10-11,14-17,24,27-30,40H,1-2,12-13,18-23H2,3-9H3/t24?,27-,28+,29-,30?,36?/m0/s1. The molecule has 45 heavy (non-hydrogen) atoms. The summed E-state index contributed by atoms with van der Waals surface area (Å²) in [6.45, 7) is 24.0. The number of hydrogen-bond acceptors (Lipinski definition) is 6. The number of likely N-dealkylation sites (tertiary alicyclic amines) is 1. The molecule has 248 valence electrons. The molecular weight excluding hydrogens is 586 g/mol. The van der Waals surface area contributed by atoms with Crippen molar-refractivity contribution < 1.29 is 24.2 Å². The Bertz CT molecular complexity index is 1270. The van der Waals surface area contributed by atoms with Gasteiger partial charge in [0.15, 0.2) is 0 Å². The molecule has 6 atom stereocenters. The van der Waals surface area contributed by atoms with Gasteiger partial charge in [-0.1, -0.05) is 39.8 Å². The summed E-state index contributed by atoms with van der Waals surface area (Å²) in [5.74, 6) is -0.804. The van der Waals surface area contributed by atoms with Gasteiger partial charge in [-0.05, 0) is 75.6 Å². The lowest BCUT2D eigenvalue weighted by Gasteiger charge is -2.47. The molecule has 3 aliphatic heterocycles. The number of carbonyl (C=O) groups excluding carboxylic acids is 3. The molecule has 8 nitrogen and oxygen atoms in total. The van der Waals surface area contributed by atoms with Gasteiger partial charge < -0.3 is 24.5 Å². The number of fused-ring (bicyclic) bond motifs is 1. The molecule has 0 aromatic heterocycles. The molecule has 1 aromatic rings. The van der Waals surface area contributed by atoms with Gasteiger partial charge in [-0.25, -0.2) is 0 Å². The van der Waals surface area contributed by atoms with E-state index in [0.29, 0.717) is 26.1 Å². The van der Waals surface area contributed by atoms with Crippen LogP contribution in [0.4, 0.5) is 5.69 Å². The zero-order valence-corrected chi connectivity index (χ0v) is 29.1. The van der Waals surface area contributed by atoms with E-state index in [-0.39, 0.29) is 47.5 Å². The summed E-state index contributed by atoms with van der Waals surface area (Å²) in [7, 11) is 0. The maximum absolute atomic E-state index is 15.0. The van der Waals surface area contributed by atoms with Gasteiger partial charge in [-0.15, -0.1) is 24.9 Å². The van der Waals surface area contributed by atoms with Crippen LogP contribution in [0.3, 0.4) is 0 Å². The predicted octanol–water partition coefficient (Wildman–Crippen LogP) is 5.55. The highest BCUT2D eigenvalue weighted by Crippen LogP contribution is 2.69. The third-order valence-corrected chi connectivity index (χ3v) is 11.7. The van der Waals surface area contributed by atoms with Crippen LogP contribution in [0.25, 0.3) is 0 Å². The van der Waals surface area contributed by atoms with Gasteiger partial charge >= 0.3 is 0 Å². The van der Waals surface area contributed by atoms with Crippen LogP contribution >= 0.6 is 11.8 Å². The van der Waals surface area contributed by atoms with E-state index >= 15 is 0 Å². The van der Waals surface area contributed by atoms with Crippen LogP contribution in [0.15, 0.2) is 49.6 Å². The summed E-state index contributed by atoms with van der Waals surface area (Å²) < 4.78 is 4.87. The van der Waals surface area contributed by atoms with Gasteiger partial charge in [0.2, 0.25) is 17.7 Å². The third-order valence-electron chi connectivity index (χ3n) is 9.63. The third kappa shape index (κ3) is 6.44. The highest BCUT2D eigenvalue weighted by atomic mass is 32.2. The van der Waals surface area contributed by atoms with Gasteiger partial charge in [0.05, 0.1) is 23.2 Å². The fourth-order valence-electron chi connectivity index (χ4n) is 8.39. The molecule has 1 aromatic carbocycles. The Hall–Kier alpha value is -2.78. The van der Waals surface area contributed by atoms with E-state index < -0.39 is 28.2 Å². The molecular formula is C36H53N3O5S. The minimum atomic E-state index is -0.746. The van der Waals surface area contributed by atoms with Gasteiger partial charge in [0, 0.05) is 42.7 Å². The van der Waals surface area contributed by atoms with E-state index in [1.165, 1.54) is 0 Å². The lowest BCUT2D eigenvalue weighted by Crippen LogP contribution is -2.61. The second kappa shape index (κ2) is 13.5. The normalized spacial score (nSPS) is 27.3. The molecule has 3 heterocycles. The molecule has 4 rings (SSSR count). The number of anilines is 1. The van der Waals surface area contributed by atoms with E-state index in [2.05, 4.69) is 54.7 Å². The predicted molar refractivity (Wildman–Crippen MR) is 182 cm³/mol. The lowest BCUT2D eigenvalue weighted by atomic mass is 9.65. The van der Waals surface area contributed by atoms with E-state index in [4.69, 9.17) is 4.74 Å². The number of ether oxygens (including phenoxy) is 1. The second-order valence-electron chi connectivity index (χ2n) is 14.6. The molecule has 2 bridgehead atoms. The number of aliphatic hydroxyl groups is 1.